The summed E-state index contributed by atoms with van der Waals surface area (Å²) in [6, 6.07) is 51.2. The lowest BCUT2D eigenvalue weighted by Gasteiger charge is -2.21. The maximum Gasteiger partial charge on any atom is 0.140 e. The number of aromatic nitrogens is 1. The van der Waals surface area contributed by atoms with Crippen molar-refractivity contribution in [3.8, 4) is 27.9 Å². The molecule has 0 aliphatic heterocycles. The molecule has 0 fully saturated rings. The van der Waals surface area contributed by atoms with Gasteiger partial charge >= 0.3 is 0 Å². The van der Waals surface area contributed by atoms with Gasteiger partial charge in [0.2, 0.25) is 0 Å². The van der Waals surface area contributed by atoms with E-state index >= 15 is 0 Å². The van der Waals surface area contributed by atoms with Crippen molar-refractivity contribution in [2.75, 3.05) is 0 Å². The van der Waals surface area contributed by atoms with Gasteiger partial charge in [-0.25, -0.2) is 0 Å². The summed E-state index contributed by atoms with van der Waals surface area (Å²) in [6.07, 6.45) is 0. The minimum atomic E-state index is -0.222. The zero-order valence-electron chi connectivity index (χ0n) is 26.5. The zero-order chi connectivity index (χ0) is 31.7. The Morgan fingerprint density at radius 2 is 1.29 bits per heavy atom. The predicted octanol–water partition coefficient (Wildman–Crippen LogP) is 13.0. The van der Waals surface area contributed by atoms with E-state index < -0.39 is 0 Å². The second-order valence-electron chi connectivity index (χ2n) is 13.7. The van der Waals surface area contributed by atoms with Crippen LogP contribution in [0.25, 0.3) is 91.9 Å². The molecule has 0 radical (unpaired) electrons. The van der Waals surface area contributed by atoms with Crippen molar-refractivity contribution >= 4 is 75.3 Å². The van der Waals surface area contributed by atoms with Gasteiger partial charge in [-0.3, -0.25) is 0 Å². The van der Waals surface area contributed by atoms with E-state index in [-0.39, 0.29) is 5.41 Å². The number of thiophene rings is 1. The molecule has 0 N–H and O–H groups in total. The number of nitrogens with zero attached hydrogens (tertiary/aromatic N) is 1. The van der Waals surface area contributed by atoms with Crippen molar-refractivity contribution in [2.24, 2.45) is 0 Å². The van der Waals surface area contributed by atoms with E-state index in [1.165, 1.54) is 86.1 Å². The van der Waals surface area contributed by atoms with Crippen LogP contribution >= 0.6 is 11.3 Å². The Kier molecular flexibility index (Phi) is 5.09. The Morgan fingerprint density at radius 3 is 2.17 bits per heavy atom. The smallest absolute Gasteiger partial charge is 0.140 e. The first-order valence-electron chi connectivity index (χ1n) is 16.6. The largest absolute Gasteiger partial charge is 0.456 e. The van der Waals surface area contributed by atoms with Gasteiger partial charge < -0.3 is 8.98 Å². The fourth-order valence-electron chi connectivity index (χ4n) is 8.64. The van der Waals surface area contributed by atoms with E-state index in [1.807, 2.05) is 11.3 Å². The highest BCUT2D eigenvalue weighted by Gasteiger charge is 2.40. The van der Waals surface area contributed by atoms with Crippen LogP contribution in [0.5, 0.6) is 0 Å². The summed E-state index contributed by atoms with van der Waals surface area (Å²) >= 11 is 1.88. The average molecular weight is 632 g/mol. The minimum absolute atomic E-state index is 0.222. The van der Waals surface area contributed by atoms with Crippen molar-refractivity contribution < 1.29 is 4.42 Å². The molecular formula is C45H29NOS. The van der Waals surface area contributed by atoms with Crippen molar-refractivity contribution in [1.29, 1.82) is 0 Å². The second-order valence-corrected chi connectivity index (χ2v) is 14.7. The molecule has 3 aromatic heterocycles. The van der Waals surface area contributed by atoms with Gasteiger partial charge in [-0.2, -0.15) is 0 Å². The molecule has 0 atom stereocenters. The molecular weight excluding hydrogens is 603 g/mol. The van der Waals surface area contributed by atoms with Crippen molar-refractivity contribution in [2.45, 2.75) is 19.3 Å². The number of benzene rings is 7. The van der Waals surface area contributed by atoms with Crippen LogP contribution in [0.15, 0.2) is 144 Å². The Labute approximate surface area is 281 Å². The van der Waals surface area contributed by atoms with Crippen molar-refractivity contribution in [3.63, 3.8) is 0 Å². The lowest BCUT2D eigenvalue weighted by molar-refractivity contribution is 0.620. The van der Waals surface area contributed by atoms with Gasteiger partial charge in [0.15, 0.2) is 0 Å². The van der Waals surface area contributed by atoms with Gasteiger partial charge in [-0.05, 0) is 58.7 Å². The number of hydrogen-bond donors (Lipinski definition) is 0. The summed E-state index contributed by atoms with van der Waals surface area (Å²) in [5, 5.41) is 7.56. The third-order valence-corrected chi connectivity index (χ3v) is 12.0. The molecule has 0 bridgehead atoms. The van der Waals surface area contributed by atoms with Gasteiger partial charge in [0, 0.05) is 63.9 Å². The molecule has 0 saturated carbocycles. The SMILES string of the molecule is CC1(C)c2ccc3c4ccccc4n(-c4ccc(-c5cccc6c5sc5ccccc56)cc4)c3c2-c2ccc3c(oc4ccccc43)c21. The zero-order valence-corrected chi connectivity index (χ0v) is 27.4. The Balaban J connectivity index is 1.17. The molecule has 1 aliphatic rings. The van der Waals surface area contributed by atoms with Gasteiger partial charge in [0.1, 0.15) is 11.2 Å². The van der Waals surface area contributed by atoms with E-state index in [4.69, 9.17) is 4.42 Å². The fraction of sp³-hybridized carbons (Fsp3) is 0.0667. The highest BCUT2D eigenvalue weighted by molar-refractivity contribution is 7.26. The highest BCUT2D eigenvalue weighted by Crippen LogP contribution is 2.55. The summed E-state index contributed by atoms with van der Waals surface area (Å²) < 4.78 is 11.8. The van der Waals surface area contributed by atoms with Crippen LogP contribution in [0.3, 0.4) is 0 Å². The van der Waals surface area contributed by atoms with Crippen LogP contribution in [-0.4, -0.2) is 4.57 Å². The normalized spacial score (nSPS) is 13.8. The van der Waals surface area contributed by atoms with Gasteiger partial charge in [0.05, 0.1) is 11.0 Å². The third kappa shape index (κ3) is 3.31. The molecule has 2 nitrogen and oxygen atoms in total. The monoisotopic (exact) mass is 631 g/mol. The summed E-state index contributed by atoms with van der Waals surface area (Å²) in [5.74, 6) is 0. The molecule has 0 unspecified atom stereocenters. The van der Waals surface area contributed by atoms with E-state index in [1.54, 1.807) is 0 Å². The number of hydrogen-bond acceptors (Lipinski definition) is 2. The van der Waals surface area contributed by atoms with Crippen LogP contribution < -0.4 is 0 Å². The molecule has 10 aromatic rings. The molecule has 0 amide bonds. The Morgan fingerprint density at radius 1 is 0.562 bits per heavy atom. The van der Waals surface area contributed by atoms with E-state index in [2.05, 4.69) is 158 Å². The van der Waals surface area contributed by atoms with Crippen LogP contribution in [0.1, 0.15) is 25.0 Å². The first kappa shape index (κ1) is 26.4. The summed E-state index contributed by atoms with van der Waals surface area (Å²) in [6.45, 7) is 4.71. The van der Waals surface area contributed by atoms with Gasteiger partial charge in [-0.1, -0.05) is 117 Å². The van der Waals surface area contributed by atoms with Crippen LogP contribution in [0, 0.1) is 0 Å². The maximum absolute atomic E-state index is 6.65. The topological polar surface area (TPSA) is 18.1 Å². The molecule has 226 valence electrons. The van der Waals surface area contributed by atoms with Crippen LogP contribution in [-0.2, 0) is 5.41 Å². The number of fused-ring (bicyclic) bond motifs is 14. The lowest BCUT2D eigenvalue weighted by atomic mass is 9.81. The minimum Gasteiger partial charge on any atom is -0.456 e. The van der Waals surface area contributed by atoms with Crippen molar-refractivity contribution in [1.82, 2.24) is 4.57 Å². The highest BCUT2D eigenvalue weighted by atomic mass is 32.1. The molecule has 0 spiro atoms. The lowest BCUT2D eigenvalue weighted by Crippen LogP contribution is -2.15. The van der Waals surface area contributed by atoms with Gasteiger partial charge in [0.25, 0.3) is 0 Å². The first-order valence-corrected chi connectivity index (χ1v) is 17.4. The first-order chi connectivity index (χ1) is 23.6. The van der Waals surface area contributed by atoms with Crippen LogP contribution in [0.2, 0.25) is 0 Å². The quantitative estimate of drug-likeness (QED) is 0.186. The molecule has 11 rings (SSSR count). The molecule has 48 heavy (non-hydrogen) atoms. The molecule has 3 heterocycles. The number of furan rings is 1. The summed E-state index contributed by atoms with van der Waals surface area (Å²) in [7, 11) is 0. The number of para-hydroxylation sites is 2. The van der Waals surface area contributed by atoms with Gasteiger partial charge in [-0.15, -0.1) is 11.3 Å². The molecule has 7 aromatic carbocycles. The average Bonchev–Trinajstić information content (AvgIpc) is 3.85. The standard InChI is InChI=1S/C45H29NOS/c1-45(2)36-25-24-32-29-10-3-6-15-37(29)46(42(32)40(36)35-23-22-33-30-11-4-7-16-38(30)47-43(33)41(35)45)27-20-18-26(19-21-27)28-13-9-14-34-31-12-5-8-17-39(31)48-44(28)34/h3-25H,1-2H3. The van der Waals surface area contributed by atoms with E-state index in [0.29, 0.717) is 0 Å². The Hall–Kier alpha value is -5.64. The Bertz CT molecular complexity index is 2970. The number of rotatable bonds is 2. The summed E-state index contributed by atoms with van der Waals surface area (Å²) in [5.41, 5.74) is 13.1. The molecule has 3 heteroatoms. The molecule has 1 aliphatic carbocycles. The van der Waals surface area contributed by atoms with Crippen molar-refractivity contribution in [3.05, 3.63) is 151 Å². The van der Waals surface area contributed by atoms with E-state index in [9.17, 15) is 0 Å². The van der Waals surface area contributed by atoms with E-state index in [0.717, 1.165) is 16.9 Å². The van der Waals surface area contributed by atoms with Crippen LogP contribution in [0.4, 0.5) is 0 Å². The second kappa shape index (κ2) is 9.25. The molecule has 0 saturated heterocycles. The fourth-order valence-corrected chi connectivity index (χ4v) is 9.87. The summed E-state index contributed by atoms with van der Waals surface area (Å²) in [4.78, 5) is 0. The third-order valence-electron chi connectivity index (χ3n) is 10.8. The maximum atomic E-state index is 6.65. The predicted molar refractivity (Wildman–Crippen MR) is 204 cm³/mol.